The van der Waals surface area contributed by atoms with Gasteiger partial charge in [-0.3, -0.25) is 10.1 Å². The average molecular weight is 366 g/mol. The van der Waals surface area contributed by atoms with Crippen LogP contribution in [0.2, 0.25) is 0 Å². The fourth-order valence-electron chi connectivity index (χ4n) is 2.43. The third-order valence-corrected chi connectivity index (χ3v) is 3.87. The molecule has 3 aromatic rings. The second-order valence-electron chi connectivity index (χ2n) is 5.67. The molecule has 0 atom stereocenters. The normalized spacial score (nSPS) is 10.3. The van der Waals surface area contributed by atoms with Crippen LogP contribution in [-0.2, 0) is 6.54 Å². The molecular formula is C18H18N6O3. The van der Waals surface area contributed by atoms with Gasteiger partial charge in [0.15, 0.2) is 0 Å². The first-order chi connectivity index (χ1) is 13.1. The van der Waals surface area contributed by atoms with Gasteiger partial charge in [-0.15, -0.1) is 0 Å². The van der Waals surface area contributed by atoms with Gasteiger partial charge in [-0.05, 0) is 36.2 Å². The molecule has 9 nitrogen and oxygen atoms in total. The molecule has 9 heteroatoms. The van der Waals surface area contributed by atoms with Crippen molar-refractivity contribution in [3.63, 3.8) is 0 Å². The minimum Gasteiger partial charge on any atom is -0.497 e. The summed E-state index contributed by atoms with van der Waals surface area (Å²) in [5.74, 6) is 1.44. The number of benzene rings is 1. The molecule has 0 unspecified atom stereocenters. The van der Waals surface area contributed by atoms with Crippen LogP contribution in [0.4, 0.5) is 23.1 Å². The van der Waals surface area contributed by atoms with E-state index in [0.717, 1.165) is 16.9 Å². The summed E-state index contributed by atoms with van der Waals surface area (Å²) < 4.78 is 5.12. The molecule has 2 heterocycles. The minimum absolute atomic E-state index is 0.0778. The third kappa shape index (κ3) is 4.27. The number of hydrogen-bond acceptors (Lipinski definition) is 8. The van der Waals surface area contributed by atoms with Crippen molar-refractivity contribution in [3.8, 4) is 5.75 Å². The van der Waals surface area contributed by atoms with E-state index in [4.69, 9.17) is 4.74 Å². The van der Waals surface area contributed by atoms with Crippen molar-refractivity contribution in [2.75, 3.05) is 17.7 Å². The zero-order valence-electron chi connectivity index (χ0n) is 14.8. The number of ether oxygens (including phenoxy) is 1. The van der Waals surface area contributed by atoms with Gasteiger partial charge in [-0.2, -0.15) is 0 Å². The zero-order valence-corrected chi connectivity index (χ0v) is 14.8. The Labute approximate surface area is 155 Å². The first-order valence-electron chi connectivity index (χ1n) is 8.13. The summed E-state index contributed by atoms with van der Waals surface area (Å²) in [6.07, 6.45) is 2.87. The van der Waals surface area contributed by atoms with E-state index in [-0.39, 0.29) is 17.3 Å². The van der Waals surface area contributed by atoms with Gasteiger partial charge in [0.1, 0.15) is 17.9 Å². The molecule has 0 fully saturated rings. The average Bonchev–Trinajstić information content (AvgIpc) is 2.68. The van der Waals surface area contributed by atoms with Gasteiger partial charge in [0, 0.05) is 12.7 Å². The van der Waals surface area contributed by atoms with Crippen molar-refractivity contribution in [1.29, 1.82) is 0 Å². The van der Waals surface area contributed by atoms with E-state index >= 15 is 0 Å². The predicted octanol–water partition coefficient (Wildman–Crippen LogP) is 3.45. The highest BCUT2D eigenvalue weighted by molar-refractivity contribution is 5.73. The molecule has 2 N–H and O–H groups in total. The quantitative estimate of drug-likeness (QED) is 0.482. The Hall–Kier alpha value is -3.75. The predicted molar refractivity (Wildman–Crippen MR) is 101 cm³/mol. The Kier molecular flexibility index (Phi) is 5.41. The second kappa shape index (κ2) is 8.09. The molecule has 0 aliphatic carbocycles. The van der Waals surface area contributed by atoms with Crippen LogP contribution in [0, 0.1) is 17.0 Å². The van der Waals surface area contributed by atoms with Gasteiger partial charge in [-0.1, -0.05) is 18.2 Å². The molecule has 0 radical (unpaired) electrons. The molecule has 0 amide bonds. The van der Waals surface area contributed by atoms with Crippen molar-refractivity contribution in [2.24, 2.45) is 0 Å². The maximum absolute atomic E-state index is 11.6. The largest absolute Gasteiger partial charge is 0.497 e. The molecule has 0 spiro atoms. The molecule has 0 aliphatic heterocycles. The number of anilines is 3. The van der Waals surface area contributed by atoms with Gasteiger partial charge in [0.05, 0.1) is 12.0 Å². The van der Waals surface area contributed by atoms with Gasteiger partial charge in [0.25, 0.3) is 0 Å². The molecule has 0 bridgehead atoms. The van der Waals surface area contributed by atoms with Crippen LogP contribution in [0.25, 0.3) is 0 Å². The Morgan fingerprint density at radius 3 is 2.48 bits per heavy atom. The van der Waals surface area contributed by atoms with Crippen LogP contribution in [0.15, 0.2) is 48.9 Å². The summed E-state index contributed by atoms with van der Waals surface area (Å²) in [6.45, 7) is 2.22. The second-order valence-corrected chi connectivity index (χ2v) is 5.67. The lowest BCUT2D eigenvalue weighted by Gasteiger charge is -2.11. The van der Waals surface area contributed by atoms with Crippen LogP contribution in [0.5, 0.6) is 5.75 Å². The topological polar surface area (TPSA) is 115 Å². The first kappa shape index (κ1) is 18.1. The van der Waals surface area contributed by atoms with Crippen LogP contribution in [-0.4, -0.2) is 27.0 Å². The fraction of sp³-hybridized carbons (Fsp3) is 0.167. The maximum Gasteiger partial charge on any atom is 0.353 e. The van der Waals surface area contributed by atoms with Gasteiger partial charge in [0.2, 0.25) is 11.6 Å². The number of methoxy groups -OCH3 is 1. The molecule has 1 aromatic carbocycles. The molecule has 2 aromatic heterocycles. The maximum atomic E-state index is 11.6. The minimum atomic E-state index is -0.517. The van der Waals surface area contributed by atoms with E-state index in [1.807, 2.05) is 37.3 Å². The summed E-state index contributed by atoms with van der Waals surface area (Å²) in [7, 11) is 1.59. The number of aromatic nitrogens is 3. The summed E-state index contributed by atoms with van der Waals surface area (Å²) in [5.41, 5.74) is 1.54. The molecule has 138 valence electrons. The van der Waals surface area contributed by atoms with Crippen LogP contribution < -0.4 is 15.4 Å². The van der Waals surface area contributed by atoms with Crippen molar-refractivity contribution in [1.82, 2.24) is 15.0 Å². The van der Waals surface area contributed by atoms with E-state index < -0.39 is 4.92 Å². The molecular weight excluding hydrogens is 348 g/mol. The highest BCUT2D eigenvalue weighted by Crippen LogP contribution is 2.31. The highest BCUT2D eigenvalue weighted by Gasteiger charge is 2.23. The smallest absolute Gasteiger partial charge is 0.353 e. The molecule has 0 saturated carbocycles. The lowest BCUT2D eigenvalue weighted by Crippen LogP contribution is -2.09. The number of nitrogens with zero attached hydrogens (tertiary/aromatic N) is 4. The van der Waals surface area contributed by atoms with E-state index in [1.165, 1.54) is 6.33 Å². The molecule has 0 aliphatic rings. The highest BCUT2D eigenvalue weighted by atomic mass is 16.6. The summed E-state index contributed by atoms with van der Waals surface area (Å²) in [5, 5.41) is 17.5. The van der Waals surface area contributed by atoms with Crippen molar-refractivity contribution in [2.45, 2.75) is 13.5 Å². The summed E-state index contributed by atoms with van der Waals surface area (Å²) in [6, 6.07) is 11.0. The lowest BCUT2D eigenvalue weighted by molar-refractivity contribution is -0.383. The van der Waals surface area contributed by atoms with Crippen LogP contribution >= 0.6 is 0 Å². The van der Waals surface area contributed by atoms with Gasteiger partial charge >= 0.3 is 5.69 Å². The number of hydrogen-bond donors (Lipinski definition) is 2. The fourth-order valence-corrected chi connectivity index (χ4v) is 2.43. The SMILES string of the molecule is COc1ccc(CNc2ncnc(Nc3ncccc3C)c2[N+](=O)[O-])cc1. The zero-order chi connectivity index (χ0) is 19.2. The monoisotopic (exact) mass is 366 g/mol. The number of aryl methyl sites for hydroxylation is 1. The number of nitrogens with one attached hydrogen (secondary N) is 2. The Morgan fingerprint density at radius 2 is 1.81 bits per heavy atom. The molecule has 0 saturated heterocycles. The van der Waals surface area contributed by atoms with Gasteiger partial charge in [-0.25, -0.2) is 15.0 Å². The molecule has 3 rings (SSSR count). The van der Waals surface area contributed by atoms with E-state index in [2.05, 4.69) is 25.6 Å². The van der Waals surface area contributed by atoms with E-state index in [0.29, 0.717) is 12.4 Å². The summed E-state index contributed by atoms with van der Waals surface area (Å²) in [4.78, 5) is 23.3. The Bertz CT molecular complexity index is 946. The summed E-state index contributed by atoms with van der Waals surface area (Å²) >= 11 is 0. The van der Waals surface area contributed by atoms with E-state index in [1.54, 1.807) is 19.4 Å². The van der Waals surface area contributed by atoms with E-state index in [9.17, 15) is 10.1 Å². The number of nitro groups is 1. The third-order valence-electron chi connectivity index (χ3n) is 3.87. The Balaban J connectivity index is 1.84. The lowest BCUT2D eigenvalue weighted by atomic mass is 10.2. The molecule has 27 heavy (non-hydrogen) atoms. The standard InChI is InChI=1S/C18H18N6O3/c1-12-4-3-9-19-16(12)23-18-15(24(25)26)17(21-11-22-18)20-10-13-5-7-14(27-2)8-6-13/h3-9,11H,10H2,1-2H3,(H2,19,20,21,22,23). The number of pyridine rings is 1. The van der Waals surface area contributed by atoms with Gasteiger partial charge < -0.3 is 15.4 Å². The van der Waals surface area contributed by atoms with Crippen molar-refractivity contribution >= 4 is 23.1 Å². The van der Waals surface area contributed by atoms with Crippen molar-refractivity contribution < 1.29 is 9.66 Å². The van der Waals surface area contributed by atoms with Crippen molar-refractivity contribution in [3.05, 3.63) is 70.2 Å². The first-order valence-corrected chi connectivity index (χ1v) is 8.13. The van der Waals surface area contributed by atoms with Crippen LogP contribution in [0.1, 0.15) is 11.1 Å². The van der Waals surface area contributed by atoms with Crippen LogP contribution in [0.3, 0.4) is 0 Å². The Morgan fingerprint density at radius 1 is 1.07 bits per heavy atom. The number of rotatable bonds is 7.